The molecule has 0 atom stereocenters. The molecule has 0 saturated heterocycles. The molecule has 20 heavy (non-hydrogen) atoms. The van der Waals surface area contributed by atoms with Gasteiger partial charge in [0.15, 0.2) is 5.16 Å². The van der Waals surface area contributed by atoms with E-state index < -0.39 is 0 Å². The lowest BCUT2D eigenvalue weighted by Crippen LogP contribution is -2.10. The zero-order valence-corrected chi connectivity index (χ0v) is 12.0. The highest BCUT2D eigenvalue weighted by Gasteiger charge is 2.08. The second-order valence-electron chi connectivity index (χ2n) is 4.49. The highest BCUT2D eigenvalue weighted by atomic mass is 32.2. The highest BCUT2D eigenvalue weighted by Crippen LogP contribution is 2.22. The van der Waals surface area contributed by atoms with Gasteiger partial charge in [0.1, 0.15) is 5.52 Å². The summed E-state index contributed by atoms with van der Waals surface area (Å²) in [6.07, 6.45) is 3.59. The summed E-state index contributed by atoms with van der Waals surface area (Å²) in [5.74, 6) is 0. The van der Waals surface area contributed by atoms with Crippen molar-refractivity contribution in [2.45, 2.75) is 12.1 Å². The van der Waals surface area contributed by atoms with Crippen LogP contribution >= 0.6 is 11.8 Å². The standard InChI is InChI=1S/C15H13N3OS/c1-9-5-3-4-6-11(9)12-7-10-8-16-15(20-2)18-13(10)14(19)17-12/h3-8H,1-2H3,(H,17,19). The summed E-state index contributed by atoms with van der Waals surface area (Å²) in [5, 5.41) is 1.36. The van der Waals surface area contributed by atoms with E-state index in [2.05, 4.69) is 15.0 Å². The number of hydrogen-bond donors (Lipinski definition) is 1. The van der Waals surface area contributed by atoms with Crippen LogP contribution in [0.5, 0.6) is 0 Å². The monoisotopic (exact) mass is 283 g/mol. The topological polar surface area (TPSA) is 58.6 Å². The first-order valence-electron chi connectivity index (χ1n) is 6.19. The summed E-state index contributed by atoms with van der Waals surface area (Å²) < 4.78 is 0. The number of aromatic nitrogens is 3. The second-order valence-corrected chi connectivity index (χ2v) is 5.26. The Labute approximate surface area is 120 Å². The van der Waals surface area contributed by atoms with Gasteiger partial charge in [-0.25, -0.2) is 9.97 Å². The molecule has 2 heterocycles. The average molecular weight is 283 g/mol. The van der Waals surface area contributed by atoms with E-state index in [0.29, 0.717) is 10.7 Å². The van der Waals surface area contributed by atoms with Crippen molar-refractivity contribution in [3.63, 3.8) is 0 Å². The molecule has 2 aromatic heterocycles. The number of aromatic amines is 1. The van der Waals surface area contributed by atoms with Gasteiger partial charge in [0.05, 0.1) is 0 Å². The van der Waals surface area contributed by atoms with Gasteiger partial charge in [0.25, 0.3) is 5.56 Å². The van der Waals surface area contributed by atoms with Gasteiger partial charge in [0.2, 0.25) is 0 Å². The molecule has 1 N–H and O–H groups in total. The molecule has 1 aromatic carbocycles. The molecule has 0 saturated carbocycles. The number of benzene rings is 1. The summed E-state index contributed by atoms with van der Waals surface area (Å²) in [6, 6.07) is 9.86. The zero-order chi connectivity index (χ0) is 14.1. The van der Waals surface area contributed by atoms with Crippen LogP contribution in [-0.4, -0.2) is 21.2 Å². The Bertz CT molecular complexity index is 842. The summed E-state index contributed by atoms with van der Waals surface area (Å²) in [4.78, 5) is 23.6. The molecule has 100 valence electrons. The first-order valence-corrected chi connectivity index (χ1v) is 7.41. The number of hydrogen-bond acceptors (Lipinski definition) is 4. The zero-order valence-electron chi connectivity index (χ0n) is 11.2. The molecule has 0 amide bonds. The molecule has 0 spiro atoms. The Hall–Kier alpha value is -2.14. The number of pyridine rings is 1. The van der Waals surface area contributed by atoms with E-state index in [-0.39, 0.29) is 5.56 Å². The van der Waals surface area contributed by atoms with Crippen molar-refractivity contribution >= 4 is 22.7 Å². The van der Waals surface area contributed by atoms with Crippen LogP contribution in [0.25, 0.3) is 22.2 Å². The van der Waals surface area contributed by atoms with Gasteiger partial charge in [-0.05, 0) is 24.8 Å². The number of thioether (sulfide) groups is 1. The molecule has 0 fully saturated rings. The Morgan fingerprint density at radius 3 is 2.80 bits per heavy atom. The van der Waals surface area contributed by atoms with Crippen molar-refractivity contribution in [2.24, 2.45) is 0 Å². The fraction of sp³-hybridized carbons (Fsp3) is 0.133. The molecule has 0 radical (unpaired) electrons. The van der Waals surface area contributed by atoms with Crippen LogP contribution in [0.4, 0.5) is 0 Å². The third kappa shape index (κ3) is 2.20. The van der Waals surface area contributed by atoms with Crippen molar-refractivity contribution in [1.82, 2.24) is 15.0 Å². The lowest BCUT2D eigenvalue weighted by Gasteiger charge is -2.07. The lowest BCUT2D eigenvalue weighted by atomic mass is 10.0. The molecular weight excluding hydrogens is 270 g/mol. The van der Waals surface area contributed by atoms with Crippen LogP contribution in [-0.2, 0) is 0 Å². The molecule has 5 heteroatoms. The van der Waals surface area contributed by atoms with Gasteiger partial charge in [-0.1, -0.05) is 36.0 Å². The number of nitrogens with one attached hydrogen (secondary N) is 1. The summed E-state index contributed by atoms with van der Waals surface area (Å²) in [5.41, 5.74) is 3.17. The van der Waals surface area contributed by atoms with E-state index >= 15 is 0 Å². The molecule has 0 aliphatic rings. The van der Waals surface area contributed by atoms with Crippen molar-refractivity contribution in [1.29, 1.82) is 0 Å². The van der Waals surface area contributed by atoms with E-state index in [1.165, 1.54) is 11.8 Å². The quantitative estimate of drug-likeness (QED) is 0.580. The predicted octanol–water partition coefficient (Wildman–Crippen LogP) is 3.02. The molecule has 0 aliphatic carbocycles. The third-order valence-corrected chi connectivity index (χ3v) is 3.74. The minimum atomic E-state index is -0.182. The minimum Gasteiger partial charge on any atom is -0.320 e. The number of H-pyrrole nitrogens is 1. The molecule has 0 aliphatic heterocycles. The van der Waals surface area contributed by atoms with Gasteiger partial charge in [0, 0.05) is 22.8 Å². The molecule has 0 bridgehead atoms. The van der Waals surface area contributed by atoms with Crippen molar-refractivity contribution in [2.75, 3.05) is 6.26 Å². The molecular formula is C15H13N3OS. The molecule has 4 nitrogen and oxygen atoms in total. The molecule has 3 aromatic rings. The summed E-state index contributed by atoms with van der Waals surface area (Å²) in [7, 11) is 0. The SMILES string of the molecule is CSc1ncc2cc(-c3ccccc3C)[nH]c(=O)c2n1. The molecule has 3 rings (SSSR count). The summed E-state index contributed by atoms with van der Waals surface area (Å²) in [6.45, 7) is 2.02. The second kappa shape index (κ2) is 5.09. The smallest absolute Gasteiger partial charge is 0.275 e. The van der Waals surface area contributed by atoms with Crippen LogP contribution in [0.2, 0.25) is 0 Å². The van der Waals surface area contributed by atoms with Crippen molar-refractivity contribution in [3.8, 4) is 11.3 Å². The summed E-state index contributed by atoms with van der Waals surface area (Å²) >= 11 is 1.42. The molecule has 0 unspecified atom stereocenters. The fourth-order valence-corrected chi connectivity index (χ4v) is 2.49. The number of nitrogens with zero attached hydrogens (tertiary/aromatic N) is 2. The number of aryl methyl sites for hydroxylation is 1. The first-order chi connectivity index (χ1) is 9.69. The van der Waals surface area contributed by atoms with Gasteiger partial charge in [-0.15, -0.1) is 0 Å². The van der Waals surface area contributed by atoms with Crippen LogP contribution in [0.1, 0.15) is 5.56 Å². The van der Waals surface area contributed by atoms with E-state index in [4.69, 9.17) is 0 Å². The van der Waals surface area contributed by atoms with Crippen LogP contribution in [0.3, 0.4) is 0 Å². The lowest BCUT2D eigenvalue weighted by molar-refractivity contribution is 0.997. The Balaban J connectivity index is 2.26. The van der Waals surface area contributed by atoms with Crippen molar-refractivity contribution in [3.05, 3.63) is 52.4 Å². The van der Waals surface area contributed by atoms with Gasteiger partial charge >= 0.3 is 0 Å². The largest absolute Gasteiger partial charge is 0.320 e. The van der Waals surface area contributed by atoms with E-state index in [1.807, 2.05) is 43.5 Å². The van der Waals surface area contributed by atoms with Crippen LogP contribution in [0.15, 0.2) is 46.5 Å². The minimum absolute atomic E-state index is 0.182. The van der Waals surface area contributed by atoms with Gasteiger partial charge in [-0.3, -0.25) is 4.79 Å². The maximum Gasteiger partial charge on any atom is 0.275 e. The van der Waals surface area contributed by atoms with Gasteiger partial charge < -0.3 is 4.98 Å². The van der Waals surface area contributed by atoms with E-state index in [9.17, 15) is 4.79 Å². The Kier molecular flexibility index (Phi) is 3.28. The third-order valence-electron chi connectivity index (χ3n) is 3.18. The van der Waals surface area contributed by atoms with Gasteiger partial charge in [-0.2, -0.15) is 0 Å². The maximum absolute atomic E-state index is 12.2. The Morgan fingerprint density at radius 1 is 1.25 bits per heavy atom. The van der Waals surface area contributed by atoms with E-state index in [0.717, 1.165) is 22.2 Å². The fourth-order valence-electron chi connectivity index (χ4n) is 2.15. The average Bonchev–Trinajstić information content (AvgIpc) is 2.47. The first kappa shape index (κ1) is 12.9. The predicted molar refractivity (Wildman–Crippen MR) is 82.1 cm³/mol. The van der Waals surface area contributed by atoms with Crippen molar-refractivity contribution < 1.29 is 0 Å². The number of rotatable bonds is 2. The van der Waals surface area contributed by atoms with Crippen LogP contribution in [0, 0.1) is 6.92 Å². The number of fused-ring (bicyclic) bond motifs is 1. The van der Waals surface area contributed by atoms with Crippen LogP contribution < -0.4 is 5.56 Å². The van der Waals surface area contributed by atoms with E-state index in [1.54, 1.807) is 6.20 Å². The maximum atomic E-state index is 12.2. The Morgan fingerprint density at radius 2 is 2.05 bits per heavy atom. The highest BCUT2D eigenvalue weighted by molar-refractivity contribution is 7.98. The normalized spacial score (nSPS) is 10.9.